The highest BCUT2D eigenvalue weighted by Crippen LogP contribution is 2.43. The SMILES string of the molecule is C=CN=C(C)c1ccn([C@@H]2C[C@H](Oc3ccc(F)c4c3CNC[C@@H]4C)[C@@H](C=N)[C@H]2C)c1. The summed E-state index contributed by atoms with van der Waals surface area (Å²) in [6.07, 6.45) is 7.92. The molecule has 0 unspecified atom stereocenters. The van der Waals surface area contributed by atoms with Crippen LogP contribution in [0.4, 0.5) is 4.39 Å². The second-order valence-electron chi connectivity index (χ2n) is 8.78. The van der Waals surface area contributed by atoms with Crippen LogP contribution in [-0.4, -0.2) is 29.1 Å². The van der Waals surface area contributed by atoms with Crippen LogP contribution >= 0.6 is 0 Å². The van der Waals surface area contributed by atoms with E-state index in [1.54, 1.807) is 12.3 Å². The van der Waals surface area contributed by atoms with Gasteiger partial charge in [0.05, 0.1) is 0 Å². The molecule has 1 aromatic heterocycles. The second kappa shape index (κ2) is 8.79. The minimum atomic E-state index is -0.158. The number of benzene rings is 1. The lowest BCUT2D eigenvalue weighted by molar-refractivity contribution is 0.176. The number of fused-ring (bicyclic) bond motifs is 1. The molecule has 5 atom stereocenters. The summed E-state index contributed by atoms with van der Waals surface area (Å²) in [4.78, 5) is 4.28. The van der Waals surface area contributed by atoms with Gasteiger partial charge in [-0.15, -0.1) is 0 Å². The van der Waals surface area contributed by atoms with Crippen LogP contribution in [0.2, 0.25) is 0 Å². The minimum Gasteiger partial charge on any atom is -0.489 e. The van der Waals surface area contributed by atoms with Gasteiger partial charge in [-0.2, -0.15) is 0 Å². The second-order valence-corrected chi connectivity index (χ2v) is 8.78. The molecule has 1 aliphatic carbocycles. The lowest BCUT2D eigenvalue weighted by Crippen LogP contribution is -2.30. The molecule has 0 bridgehead atoms. The fraction of sp³-hybridized carbons (Fsp3) is 0.440. The van der Waals surface area contributed by atoms with E-state index >= 15 is 0 Å². The van der Waals surface area contributed by atoms with Gasteiger partial charge in [-0.1, -0.05) is 20.4 Å². The Morgan fingerprint density at radius 2 is 2.16 bits per heavy atom. The van der Waals surface area contributed by atoms with E-state index in [9.17, 15) is 4.39 Å². The van der Waals surface area contributed by atoms with Crippen molar-refractivity contribution in [3.05, 3.63) is 65.9 Å². The van der Waals surface area contributed by atoms with E-state index in [0.29, 0.717) is 6.54 Å². The molecule has 4 rings (SSSR count). The van der Waals surface area contributed by atoms with Gasteiger partial charge in [-0.3, -0.25) is 4.99 Å². The van der Waals surface area contributed by atoms with Gasteiger partial charge in [0.2, 0.25) is 0 Å². The monoisotopic (exact) mass is 422 g/mol. The molecular formula is C25H31FN4O. The number of halogens is 1. The van der Waals surface area contributed by atoms with Crippen LogP contribution in [0.5, 0.6) is 5.75 Å². The first-order valence-corrected chi connectivity index (χ1v) is 11.0. The average Bonchev–Trinajstić information content (AvgIpc) is 3.35. The normalized spacial score (nSPS) is 28.3. The number of hydrogen-bond acceptors (Lipinski definition) is 4. The Morgan fingerprint density at radius 1 is 1.35 bits per heavy atom. The quantitative estimate of drug-likeness (QED) is 0.638. The van der Waals surface area contributed by atoms with Gasteiger partial charge in [0.25, 0.3) is 0 Å². The summed E-state index contributed by atoms with van der Waals surface area (Å²) in [5.74, 6) is 0.928. The maximum atomic E-state index is 14.5. The van der Waals surface area contributed by atoms with Gasteiger partial charge in [-0.25, -0.2) is 4.39 Å². The third-order valence-corrected chi connectivity index (χ3v) is 6.89. The Bertz CT molecular complexity index is 1010. The van der Waals surface area contributed by atoms with Crippen molar-refractivity contribution in [3.63, 3.8) is 0 Å². The van der Waals surface area contributed by atoms with Crippen LogP contribution in [0.25, 0.3) is 0 Å². The topological polar surface area (TPSA) is 62.4 Å². The van der Waals surface area contributed by atoms with Gasteiger partial charge in [0.1, 0.15) is 17.7 Å². The molecule has 0 radical (unpaired) electrons. The van der Waals surface area contributed by atoms with Crippen LogP contribution < -0.4 is 10.1 Å². The van der Waals surface area contributed by atoms with Gasteiger partial charge >= 0.3 is 0 Å². The van der Waals surface area contributed by atoms with E-state index in [-0.39, 0.29) is 35.7 Å². The molecule has 0 amide bonds. The molecule has 2 aromatic rings. The molecule has 2 aliphatic rings. The molecule has 2 N–H and O–H groups in total. The lowest BCUT2D eigenvalue weighted by Gasteiger charge is -2.28. The molecule has 1 aromatic carbocycles. The Kier molecular flexibility index (Phi) is 6.10. The van der Waals surface area contributed by atoms with Gasteiger partial charge < -0.3 is 20.0 Å². The number of aromatic nitrogens is 1. The standard InChI is InChI=1S/C25H31FN4O/c1-5-29-17(4)18-8-9-30(14-18)22-10-24(19(11-27)16(22)3)31-23-7-6-21(26)25-15(2)12-28-13-20(23)25/h5-9,11,14-16,19,22,24,27-28H,1,10,12-13H2,2-4H3/t15-,16+,19-,22+,24-/m0/s1. The molecule has 0 spiro atoms. The summed E-state index contributed by atoms with van der Waals surface area (Å²) < 4.78 is 23.2. The van der Waals surface area contributed by atoms with Gasteiger partial charge in [-0.05, 0) is 37.0 Å². The summed E-state index contributed by atoms with van der Waals surface area (Å²) in [5, 5.41) is 11.4. The molecule has 164 valence electrons. The van der Waals surface area contributed by atoms with Crippen molar-refractivity contribution in [2.75, 3.05) is 6.54 Å². The van der Waals surface area contributed by atoms with Crippen molar-refractivity contribution in [1.82, 2.24) is 9.88 Å². The van der Waals surface area contributed by atoms with Gasteiger partial charge in [0.15, 0.2) is 0 Å². The molecule has 2 heterocycles. The lowest BCUT2D eigenvalue weighted by atomic mass is 9.91. The van der Waals surface area contributed by atoms with E-state index < -0.39 is 0 Å². The Hall–Kier alpha value is -2.73. The van der Waals surface area contributed by atoms with Crippen LogP contribution in [0.1, 0.15) is 55.8 Å². The van der Waals surface area contributed by atoms with Crippen molar-refractivity contribution in [2.24, 2.45) is 16.8 Å². The predicted octanol–water partition coefficient (Wildman–Crippen LogP) is 5.08. The van der Waals surface area contributed by atoms with Crippen molar-refractivity contribution >= 4 is 11.9 Å². The first kappa shape index (κ1) is 21.5. The molecular weight excluding hydrogens is 391 g/mol. The molecule has 5 nitrogen and oxygen atoms in total. The number of nitrogens with zero attached hydrogens (tertiary/aromatic N) is 2. The largest absolute Gasteiger partial charge is 0.489 e. The molecule has 1 saturated carbocycles. The highest BCUT2D eigenvalue weighted by molar-refractivity contribution is 5.98. The summed E-state index contributed by atoms with van der Waals surface area (Å²) >= 11 is 0. The average molecular weight is 423 g/mol. The first-order chi connectivity index (χ1) is 14.9. The Balaban J connectivity index is 1.59. The Labute approximate surface area is 183 Å². The van der Waals surface area contributed by atoms with Crippen molar-refractivity contribution in [1.29, 1.82) is 5.41 Å². The van der Waals surface area contributed by atoms with E-state index in [2.05, 4.69) is 46.8 Å². The van der Waals surface area contributed by atoms with E-state index in [1.165, 1.54) is 12.3 Å². The maximum Gasteiger partial charge on any atom is 0.127 e. The zero-order valence-corrected chi connectivity index (χ0v) is 18.4. The summed E-state index contributed by atoms with van der Waals surface area (Å²) in [5.41, 5.74) is 3.67. The van der Waals surface area contributed by atoms with E-state index in [4.69, 9.17) is 10.1 Å². The fourth-order valence-corrected chi connectivity index (χ4v) is 5.15. The van der Waals surface area contributed by atoms with E-state index in [0.717, 1.165) is 41.1 Å². The minimum absolute atomic E-state index is 0.00605. The van der Waals surface area contributed by atoms with Crippen molar-refractivity contribution in [3.8, 4) is 5.75 Å². The number of rotatable bonds is 6. The van der Waals surface area contributed by atoms with Crippen molar-refractivity contribution in [2.45, 2.75) is 51.8 Å². The van der Waals surface area contributed by atoms with Crippen LogP contribution in [0.3, 0.4) is 0 Å². The third-order valence-electron chi connectivity index (χ3n) is 6.89. The smallest absolute Gasteiger partial charge is 0.127 e. The summed E-state index contributed by atoms with van der Waals surface area (Å²) in [7, 11) is 0. The molecule has 31 heavy (non-hydrogen) atoms. The van der Waals surface area contributed by atoms with Crippen LogP contribution in [0.15, 0.2) is 48.4 Å². The number of hydrogen-bond donors (Lipinski definition) is 2. The summed E-state index contributed by atoms with van der Waals surface area (Å²) in [6, 6.07) is 5.54. The Morgan fingerprint density at radius 3 is 2.90 bits per heavy atom. The predicted molar refractivity (Wildman–Crippen MR) is 123 cm³/mol. The third kappa shape index (κ3) is 3.97. The number of ether oxygens (including phenoxy) is 1. The maximum absolute atomic E-state index is 14.5. The van der Waals surface area contributed by atoms with Crippen LogP contribution in [-0.2, 0) is 6.54 Å². The molecule has 6 heteroatoms. The van der Waals surface area contributed by atoms with Crippen molar-refractivity contribution < 1.29 is 9.13 Å². The molecule has 1 aliphatic heterocycles. The highest BCUT2D eigenvalue weighted by Gasteiger charge is 2.42. The summed E-state index contributed by atoms with van der Waals surface area (Å²) in [6.45, 7) is 11.2. The van der Waals surface area contributed by atoms with E-state index in [1.807, 2.05) is 13.8 Å². The zero-order valence-electron chi connectivity index (χ0n) is 18.4. The van der Waals surface area contributed by atoms with Crippen LogP contribution in [0, 0.1) is 23.1 Å². The number of aliphatic imine (C=N–C) groups is 1. The first-order valence-electron chi connectivity index (χ1n) is 11.0. The highest BCUT2D eigenvalue weighted by atomic mass is 19.1. The molecule has 0 saturated heterocycles. The number of nitrogens with one attached hydrogen (secondary N) is 2. The zero-order chi connectivity index (χ0) is 22.1. The van der Waals surface area contributed by atoms with Gasteiger partial charge in [0, 0.05) is 78.7 Å². The molecule has 1 fully saturated rings. The fourth-order valence-electron chi connectivity index (χ4n) is 5.15.